The topological polar surface area (TPSA) is 91.6 Å². The van der Waals surface area contributed by atoms with Crippen LogP contribution in [0.15, 0.2) is 52.0 Å². The molecule has 1 aromatic heterocycles. The zero-order valence-corrected chi connectivity index (χ0v) is 12.2. The number of aliphatic hydroxyl groups excluding tert-OH is 1. The fourth-order valence-electron chi connectivity index (χ4n) is 1.70. The monoisotopic (exact) mass is 308 g/mol. The maximum Gasteiger partial charge on any atom is 0.319 e. The van der Waals surface area contributed by atoms with E-state index in [1.54, 1.807) is 42.7 Å². The number of amides is 2. The number of anilines is 1. The minimum Gasteiger partial charge on any atom is -0.467 e. The van der Waals surface area contributed by atoms with Crippen LogP contribution in [0.3, 0.4) is 0 Å². The van der Waals surface area contributed by atoms with E-state index in [9.17, 15) is 14.1 Å². The van der Waals surface area contributed by atoms with Gasteiger partial charge in [0.2, 0.25) is 0 Å². The highest BCUT2D eigenvalue weighted by Crippen LogP contribution is 2.14. The summed E-state index contributed by atoms with van der Waals surface area (Å²) in [5.74, 6) is 0.388. The van der Waals surface area contributed by atoms with Crippen molar-refractivity contribution >= 4 is 22.5 Å². The zero-order valence-electron chi connectivity index (χ0n) is 11.4. The second-order valence-corrected chi connectivity index (χ2v) is 5.73. The van der Waals surface area contributed by atoms with Crippen LogP contribution in [-0.2, 0) is 10.8 Å². The molecule has 2 rings (SSSR count). The third kappa shape index (κ3) is 4.44. The number of carbonyl (C=O) groups is 1. The van der Waals surface area contributed by atoms with Crippen molar-refractivity contribution in [2.75, 3.05) is 18.1 Å². The first-order chi connectivity index (χ1) is 10.1. The summed E-state index contributed by atoms with van der Waals surface area (Å²) in [4.78, 5) is 12.4. The first kappa shape index (κ1) is 15.3. The summed E-state index contributed by atoms with van der Waals surface area (Å²) in [7, 11) is -1.11. The van der Waals surface area contributed by atoms with Gasteiger partial charge in [-0.1, -0.05) is 6.07 Å². The van der Waals surface area contributed by atoms with E-state index in [-0.39, 0.29) is 6.54 Å². The largest absolute Gasteiger partial charge is 0.467 e. The van der Waals surface area contributed by atoms with Gasteiger partial charge in [0.1, 0.15) is 11.9 Å². The highest BCUT2D eigenvalue weighted by atomic mass is 32.2. The van der Waals surface area contributed by atoms with Gasteiger partial charge in [-0.3, -0.25) is 4.21 Å². The van der Waals surface area contributed by atoms with Crippen molar-refractivity contribution < 1.29 is 18.5 Å². The van der Waals surface area contributed by atoms with Crippen molar-refractivity contribution in [1.82, 2.24) is 5.32 Å². The standard InChI is InChI=1S/C14H16N2O4S/c1-21(19)11-5-2-4-10(8-11)16-14(18)15-9-12(17)13-6-3-7-20-13/h2-8,12,17H,9H2,1H3,(H2,15,16,18). The van der Waals surface area contributed by atoms with E-state index in [2.05, 4.69) is 10.6 Å². The normalized spacial score (nSPS) is 13.4. The Kier molecular flexibility index (Phi) is 5.13. The lowest BCUT2D eigenvalue weighted by Crippen LogP contribution is -2.32. The number of aliphatic hydroxyl groups is 1. The molecule has 6 nitrogen and oxygen atoms in total. The predicted molar refractivity (Wildman–Crippen MR) is 79.5 cm³/mol. The van der Waals surface area contributed by atoms with Crippen LogP contribution < -0.4 is 10.6 Å². The van der Waals surface area contributed by atoms with Gasteiger partial charge >= 0.3 is 6.03 Å². The summed E-state index contributed by atoms with van der Waals surface area (Å²) in [6.07, 6.45) is 2.12. The molecule has 2 atom stereocenters. The number of benzene rings is 1. The van der Waals surface area contributed by atoms with Crippen LogP contribution in [0, 0.1) is 0 Å². The van der Waals surface area contributed by atoms with Crippen molar-refractivity contribution in [2.24, 2.45) is 0 Å². The Morgan fingerprint density at radius 3 is 2.86 bits per heavy atom. The second kappa shape index (κ2) is 7.05. The van der Waals surface area contributed by atoms with E-state index in [1.165, 1.54) is 6.26 Å². The van der Waals surface area contributed by atoms with Crippen LogP contribution in [0.25, 0.3) is 0 Å². The molecule has 0 saturated carbocycles. The van der Waals surface area contributed by atoms with Gasteiger partial charge in [0, 0.05) is 27.6 Å². The first-order valence-electron chi connectivity index (χ1n) is 6.26. The molecule has 112 valence electrons. The summed E-state index contributed by atoms with van der Waals surface area (Å²) >= 11 is 0. The highest BCUT2D eigenvalue weighted by Gasteiger charge is 2.12. The molecule has 0 aliphatic rings. The van der Waals surface area contributed by atoms with Crippen LogP contribution in [0.5, 0.6) is 0 Å². The van der Waals surface area contributed by atoms with Gasteiger partial charge in [0.15, 0.2) is 0 Å². The quantitative estimate of drug-likeness (QED) is 0.786. The van der Waals surface area contributed by atoms with Crippen LogP contribution in [0.1, 0.15) is 11.9 Å². The summed E-state index contributed by atoms with van der Waals surface area (Å²) < 4.78 is 16.4. The average molecular weight is 308 g/mol. The third-order valence-corrected chi connectivity index (χ3v) is 3.67. The lowest BCUT2D eigenvalue weighted by Gasteiger charge is -2.11. The molecule has 2 aromatic rings. The summed E-state index contributed by atoms with van der Waals surface area (Å²) in [6.45, 7) is 0.0265. The van der Waals surface area contributed by atoms with Gasteiger partial charge in [-0.15, -0.1) is 0 Å². The number of hydrogen-bond donors (Lipinski definition) is 3. The van der Waals surface area contributed by atoms with E-state index in [4.69, 9.17) is 4.42 Å². The number of rotatable bonds is 5. The molecule has 3 N–H and O–H groups in total. The van der Waals surface area contributed by atoms with Crippen molar-refractivity contribution in [3.8, 4) is 0 Å². The molecule has 0 radical (unpaired) electrons. The Morgan fingerprint density at radius 1 is 1.38 bits per heavy atom. The maximum atomic E-state index is 11.7. The number of furan rings is 1. The van der Waals surface area contributed by atoms with Crippen molar-refractivity contribution in [1.29, 1.82) is 0 Å². The fourth-order valence-corrected chi connectivity index (χ4v) is 2.26. The molecule has 7 heteroatoms. The van der Waals surface area contributed by atoms with E-state index in [1.807, 2.05) is 0 Å². The molecule has 1 aromatic carbocycles. The van der Waals surface area contributed by atoms with Crippen molar-refractivity contribution in [3.63, 3.8) is 0 Å². The number of urea groups is 1. The van der Waals surface area contributed by atoms with Crippen LogP contribution in [-0.4, -0.2) is 28.1 Å². The van der Waals surface area contributed by atoms with Gasteiger partial charge in [0.25, 0.3) is 0 Å². The predicted octanol–water partition coefficient (Wildman–Crippen LogP) is 1.87. The van der Waals surface area contributed by atoms with Gasteiger partial charge in [0.05, 0.1) is 12.8 Å². The Hall–Kier alpha value is -2.12. The van der Waals surface area contributed by atoms with Gasteiger partial charge in [-0.25, -0.2) is 4.79 Å². The summed E-state index contributed by atoms with van der Waals surface area (Å²) in [5.41, 5.74) is 0.535. The minimum atomic E-state index is -1.11. The lowest BCUT2D eigenvalue weighted by atomic mass is 10.3. The fraction of sp³-hybridized carbons (Fsp3) is 0.214. The van der Waals surface area contributed by atoms with E-state index in [0.717, 1.165) is 0 Å². The van der Waals surface area contributed by atoms with E-state index in [0.29, 0.717) is 16.3 Å². The maximum absolute atomic E-state index is 11.7. The molecule has 0 saturated heterocycles. The zero-order chi connectivity index (χ0) is 15.2. The molecule has 0 spiro atoms. The summed E-state index contributed by atoms with van der Waals surface area (Å²) in [6, 6.07) is 9.60. The molecule has 0 bridgehead atoms. The third-order valence-electron chi connectivity index (χ3n) is 2.75. The molecule has 0 fully saturated rings. The van der Waals surface area contributed by atoms with Crippen LogP contribution in [0.2, 0.25) is 0 Å². The lowest BCUT2D eigenvalue weighted by molar-refractivity contribution is 0.149. The van der Waals surface area contributed by atoms with Gasteiger partial charge < -0.3 is 20.2 Å². The molecule has 0 aliphatic carbocycles. The number of nitrogens with one attached hydrogen (secondary N) is 2. The Morgan fingerprint density at radius 2 is 2.19 bits per heavy atom. The van der Waals surface area contributed by atoms with E-state index < -0.39 is 22.9 Å². The van der Waals surface area contributed by atoms with Crippen molar-refractivity contribution in [2.45, 2.75) is 11.0 Å². The summed E-state index contributed by atoms with van der Waals surface area (Å²) in [5, 5.41) is 14.9. The number of hydrogen-bond acceptors (Lipinski definition) is 4. The Bertz CT molecular complexity index is 628. The molecule has 1 heterocycles. The highest BCUT2D eigenvalue weighted by molar-refractivity contribution is 7.84. The van der Waals surface area contributed by atoms with Crippen molar-refractivity contribution in [3.05, 3.63) is 48.4 Å². The van der Waals surface area contributed by atoms with Crippen LogP contribution in [0.4, 0.5) is 10.5 Å². The smallest absolute Gasteiger partial charge is 0.319 e. The minimum absolute atomic E-state index is 0.0265. The Labute approximate surface area is 124 Å². The average Bonchev–Trinajstić information content (AvgIpc) is 2.99. The molecule has 21 heavy (non-hydrogen) atoms. The molecule has 0 aliphatic heterocycles. The van der Waals surface area contributed by atoms with Gasteiger partial charge in [-0.2, -0.15) is 0 Å². The number of carbonyl (C=O) groups excluding carboxylic acids is 1. The molecular formula is C14H16N2O4S. The molecular weight excluding hydrogens is 292 g/mol. The SMILES string of the molecule is CS(=O)c1cccc(NC(=O)NCC(O)c2ccco2)c1. The van der Waals surface area contributed by atoms with Crippen LogP contribution >= 0.6 is 0 Å². The van der Waals surface area contributed by atoms with E-state index >= 15 is 0 Å². The molecule has 2 amide bonds. The van der Waals surface area contributed by atoms with Gasteiger partial charge in [-0.05, 0) is 30.3 Å². The second-order valence-electron chi connectivity index (χ2n) is 4.35. The Balaban J connectivity index is 1.87. The first-order valence-corrected chi connectivity index (χ1v) is 7.82. The molecule has 2 unspecified atom stereocenters.